The lowest BCUT2D eigenvalue weighted by atomic mass is 10.3. The zero-order valence-corrected chi connectivity index (χ0v) is 14.0. The van der Waals surface area contributed by atoms with Crippen molar-refractivity contribution in [2.24, 2.45) is 5.10 Å². The van der Waals surface area contributed by atoms with Gasteiger partial charge in [-0.15, -0.1) is 0 Å². The van der Waals surface area contributed by atoms with Gasteiger partial charge in [0.15, 0.2) is 5.82 Å². The van der Waals surface area contributed by atoms with Crippen LogP contribution in [-0.2, 0) is 10.0 Å². The molecule has 0 amide bonds. The second-order valence-electron chi connectivity index (χ2n) is 5.07. The van der Waals surface area contributed by atoms with E-state index < -0.39 is 10.0 Å². The van der Waals surface area contributed by atoms with E-state index >= 15 is 0 Å². The maximum absolute atomic E-state index is 12.3. The molecule has 0 bridgehead atoms. The number of ether oxygens (including phenoxy) is 1. The number of fused-ring (bicyclic) bond motifs is 1. The van der Waals surface area contributed by atoms with Gasteiger partial charge in [-0.25, -0.2) is 4.98 Å². The number of rotatable bonds is 5. The monoisotopic (exact) mass is 344 g/mol. The van der Waals surface area contributed by atoms with Crippen molar-refractivity contribution in [2.45, 2.75) is 11.8 Å². The van der Waals surface area contributed by atoms with Gasteiger partial charge in [-0.3, -0.25) is 0 Å². The number of para-hydroxylation sites is 2. The molecule has 0 aliphatic rings. The van der Waals surface area contributed by atoms with Gasteiger partial charge >= 0.3 is 0 Å². The van der Waals surface area contributed by atoms with Crippen molar-refractivity contribution in [2.75, 3.05) is 7.11 Å². The maximum atomic E-state index is 12.3. The lowest BCUT2D eigenvalue weighted by Crippen LogP contribution is -2.20. The highest BCUT2D eigenvalue weighted by Gasteiger charge is 2.14. The molecule has 2 aromatic carbocycles. The fourth-order valence-electron chi connectivity index (χ4n) is 2.11. The van der Waals surface area contributed by atoms with Crippen LogP contribution in [-0.4, -0.2) is 31.2 Å². The summed E-state index contributed by atoms with van der Waals surface area (Å²) in [6, 6.07) is 13.6. The molecule has 3 aromatic rings. The van der Waals surface area contributed by atoms with Crippen molar-refractivity contribution in [1.82, 2.24) is 14.8 Å². The first kappa shape index (κ1) is 16.0. The molecule has 0 saturated carbocycles. The Morgan fingerprint density at radius 2 is 1.88 bits per heavy atom. The van der Waals surface area contributed by atoms with Gasteiger partial charge in [0, 0.05) is 0 Å². The van der Waals surface area contributed by atoms with Crippen LogP contribution in [0.1, 0.15) is 12.7 Å². The van der Waals surface area contributed by atoms with Gasteiger partial charge in [0.25, 0.3) is 10.0 Å². The average Bonchev–Trinajstić information content (AvgIpc) is 3.04. The number of hydrazone groups is 1. The normalized spacial score (nSPS) is 12.3. The Morgan fingerprint density at radius 3 is 2.54 bits per heavy atom. The molecule has 2 N–H and O–H groups in total. The molecule has 8 heteroatoms. The molecular formula is C16H16N4O3S. The van der Waals surface area contributed by atoms with Gasteiger partial charge in [-0.2, -0.15) is 18.4 Å². The number of hydrogen-bond acceptors (Lipinski definition) is 5. The predicted octanol–water partition coefficient (Wildman–Crippen LogP) is 2.27. The van der Waals surface area contributed by atoms with Crippen LogP contribution in [0.3, 0.4) is 0 Å². The van der Waals surface area contributed by atoms with Gasteiger partial charge in [-0.1, -0.05) is 12.1 Å². The molecule has 24 heavy (non-hydrogen) atoms. The Morgan fingerprint density at radius 1 is 1.17 bits per heavy atom. The summed E-state index contributed by atoms with van der Waals surface area (Å²) in [5, 5.41) is 3.93. The molecular weight excluding hydrogens is 328 g/mol. The maximum Gasteiger partial charge on any atom is 0.276 e. The summed E-state index contributed by atoms with van der Waals surface area (Å²) < 4.78 is 29.5. The molecule has 0 spiro atoms. The molecule has 0 saturated heterocycles. The van der Waals surface area contributed by atoms with Crippen LogP contribution in [0.15, 0.2) is 58.5 Å². The van der Waals surface area contributed by atoms with E-state index in [4.69, 9.17) is 4.74 Å². The van der Waals surface area contributed by atoms with Crippen molar-refractivity contribution in [3.8, 4) is 5.75 Å². The summed E-state index contributed by atoms with van der Waals surface area (Å²) in [6.07, 6.45) is 0. The Hall–Kier alpha value is -2.87. The van der Waals surface area contributed by atoms with Crippen molar-refractivity contribution in [3.05, 3.63) is 54.4 Å². The van der Waals surface area contributed by atoms with Gasteiger partial charge < -0.3 is 9.72 Å². The highest BCUT2D eigenvalue weighted by Crippen LogP contribution is 2.15. The van der Waals surface area contributed by atoms with E-state index in [1.165, 1.54) is 19.2 Å². The zero-order valence-electron chi connectivity index (χ0n) is 13.1. The molecule has 0 aliphatic heterocycles. The van der Waals surface area contributed by atoms with Crippen LogP contribution in [0.5, 0.6) is 5.75 Å². The molecule has 0 atom stereocenters. The van der Waals surface area contributed by atoms with Gasteiger partial charge in [0.1, 0.15) is 11.5 Å². The number of aromatic amines is 1. The van der Waals surface area contributed by atoms with Crippen molar-refractivity contribution < 1.29 is 13.2 Å². The predicted molar refractivity (Wildman–Crippen MR) is 91.6 cm³/mol. The van der Waals surface area contributed by atoms with Gasteiger partial charge in [-0.05, 0) is 43.3 Å². The minimum absolute atomic E-state index is 0.101. The van der Waals surface area contributed by atoms with Gasteiger partial charge in [0.2, 0.25) is 0 Å². The SMILES string of the molecule is COc1ccc(S(=O)(=O)N/N=C(\C)c2nc3ccccc3[nH]2)cc1. The Labute approximate surface area is 139 Å². The summed E-state index contributed by atoms with van der Waals surface area (Å²) in [4.78, 5) is 9.78. The van der Waals surface area contributed by atoms with Crippen LogP contribution in [0.25, 0.3) is 11.0 Å². The summed E-state index contributed by atoms with van der Waals surface area (Å²) in [5.74, 6) is 1.09. The number of benzene rings is 2. The van der Waals surface area contributed by atoms with Crippen LogP contribution in [0, 0.1) is 0 Å². The van der Waals surface area contributed by atoms with E-state index in [2.05, 4.69) is 19.9 Å². The fraction of sp³-hybridized carbons (Fsp3) is 0.125. The molecule has 0 aliphatic carbocycles. The van der Waals surface area contributed by atoms with Crippen LogP contribution in [0.4, 0.5) is 0 Å². The highest BCUT2D eigenvalue weighted by molar-refractivity contribution is 7.89. The van der Waals surface area contributed by atoms with Crippen molar-refractivity contribution in [3.63, 3.8) is 0 Å². The topological polar surface area (TPSA) is 96.4 Å². The Bertz CT molecular complexity index is 959. The quantitative estimate of drug-likeness (QED) is 0.548. The second kappa shape index (κ2) is 6.32. The number of aromatic nitrogens is 2. The standard InChI is InChI=1S/C16H16N4O3S/c1-11(16-17-14-5-3-4-6-15(14)18-16)19-20-24(21,22)13-9-7-12(23-2)8-10-13/h3-10,20H,1-2H3,(H,17,18)/b19-11+. The van der Waals surface area contributed by atoms with Crippen LogP contribution in [0.2, 0.25) is 0 Å². The van der Waals surface area contributed by atoms with E-state index in [1.54, 1.807) is 19.1 Å². The van der Waals surface area contributed by atoms with E-state index in [0.717, 1.165) is 11.0 Å². The minimum Gasteiger partial charge on any atom is -0.497 e. The first-order valence-electron chi connectivity index (χ1n) is 7.15. The minimum atomic E-state index is -3.75. The van der Waals surface area contributed by atoms with E-state index in [9.17, 15) is 8.42 Å². The zero-order chi connectivity index (χ0) is 17.2. The fourth-order valence-corrected chi connectivity index (χ4v) is 2.97. The number of imidazole rings is 1. The first-order valence-corrected chi connectivity index (χ1v) is 8.63. The molecule has 0 radical (unpaired) electrons. The first-order chi connectivity index (χ1) is 11.5. The molecule has 124 valence electrons. The lowest BCUT2D eigenvalue weighted by molar-refractivity contribution is 0.414. The smallest absolute Gasteiger partial charge is 0.276 e. The molecule has 0 unspecified atom stereocenters. The van der Waals surface area contributed by atoms with Crippen molar-refractivity contribution >= 4 is 26.8 Å². The highest BCUT2D eigenvalue weighted by atomic mass is 32.2. The van der Waals surface area contributed by atoms with Crippen molar-refractivity contribution in [1.29, 1.82) is 0 Å². The Kier molecular flexibility index (Phi) is 4.22. The molecule has 1 aromatic heterocycles. The number of methoxy groups -OCH3 is 1. The van der Waals surface area contributed by atoms with Crippen LogP contribution < -0.4 is 9.57 Å². The third-order valence-corrected chi connectivity index (χ3v) is 4.66. The van der Waals surface area contributed by atoms with E-state index in [0.29, 0.717) is 17.3 Å². The number of nitrogens with one attached hydrogen (secondary N) is 2. The number of nitrogens with zero attached hydrogens (tertiary/aromatic N) is 2. The lowest BCUT2D eigenvalue weighted by Gasteiger charge is -2.05. The summed E-state index contributed by atoms with van der Waals surface area (Å²) >= 11 is 0. The van der Waals surface area contributed by atoms with E-state index in [1.807, 2.05) is 24.3 Å². The largest absolute Gasteiger partial charge is 0.497 e. The Balaban J connectivity index is 1.82. The molecule has 7 nitrogen and oxygen atoms in total. The second-order valence-corrected chi connectivity index (χ2v) is 6.73. The molecule has 3 rings (SSSR count). The molecule has 0 fully saturated rings. The number of hydrogen-bond donors (Lipinski definition) is 2. The molecule has 1 heterocycles. The van der Waals surface area contributed by atoms with Gasteiger partial charge in [0.05, 0.1) is 23.0 Å². The summed E-state index contributed by atoms with van der Waals surface area (Å²) in [6.45, 7) is 1.67. The van der Waals surface area contributed by atoms with E-state index in [-0.39, 0.29) is 4.90 Å². The third kappa shape index (κ3) is 3.23. The average molecular weight is 344 g/mol. The summed E-state index contributed by atoms with van der Waals surface area (Å²) in [5.41, 5.74) is 2.09. The number of H-pyrrole nitrogens is 1. The van der Waals surface area contributed by atoms with Crippen LogP contribution >= 0.6 is 0 Å². The number of sulfonamides is 1. The summed E-state index contributed by atoms with van der Waals surface area (Å²) in [7, 11) is -2.24. The third-order valence-electron chi connectivity index (χ3n) is 3.44.